The maximum absolute atomic E-state index is 12.4. The van der Waals surface area contributed by atoms with E-state index in [9.17, 15) is 4.79 Å². The Morgan fingerprint density at radius 2 is 1.69 bits per heavy atom. The van der Waals surface area contributed by atoms with Crippen molar-refractivity contribution >= 4 is 42.3 Å². The van der Waals surface area contributed by atoms with Gasteiger partial charge in [0.25, 0.3) is 0 Å². The second-order valence-electron chi connectivity index (χ2n) is 8.79. The zero-order chi connectivity index (χ0) is 18.6. The van der Waals surface area contributed by atoms with Crippen LogP contribution >= 0.6 is 36.4 Å². The van der Waals surface area contributed by atoms with Gasteiger partial charge in [-0.2, -0.15) is 0 Å². The largest absolute Gasteiger partial charge is 0.356 e. The molecule has 0 spiro atoms. The van der Waals surface area contributed by atoms with E-state index < -0.39 is 0 Å². The maximum Gasteiger partial charge on any atom is 0.220 e. The van der Waals surface area contributed by atoms with Gasteiger partial charge in [-0.3, -0.25) is 9.69 Å². The van der Waals surface area contributed by atoms with E-state index in [4.69, 9.17) is 11.6 Å². The fourth-order valence-corrected chi connectivity index (χ4v) is 5.35. The molecule has 3 aliphatic heterocycles. The van der Waals surface area contributed by atoms with Crippen LogP contribution in [0.3, 0.4) is 0 Å². The van der Waals surface area contributed by atoms with Gasteiger partial charge in [-0.25, -0.2) is 0 Å². The second-order valence-corrected chi connectivity index (χ2v) is 9.20. The highest BCUT2D eigenvalue weighted by Gasteiger charge is 2.34. The number of carbonyl (C=O) groups excluding carboxylic acids is 1. The van der Waals surface area contributed by atoms with Gasteiger partial charge < -0.3 is 10.6 Å². The first kappa shape index (κ1) is 24.7. The maximum atomic E-state index is 12.4. The number of nitrogens with one attached hydrogen (secondary N) is 2. The summed E-state index contributed by atoms with van der Waals surface area (Å²) >= 11 is 6.28. The van der Waals surface area contributed by atoms with Crippen molar-refractivity contribution in [2.75, 3.05) is 19.6 Å². The number of rotatable bonds is 6. The predicted octanol–water partition coefficient (Wildman–Crippen LogP) is 4.43. The third-order valence-corrected chi connectivity index (χ3v) is 7.06. The van der Waals surface area contributed by atoms with Crippen molar-refractivity contribution in [3.8, 4) is 0 Å². The fourth-order valence-electron chi connectivity index (χ4n) is 5.15. The summed E-state index contributed by atoms with van der Waals surface area (Å²) < 4.78 is 0. The molecule has 3 heterocycles. The van der Waals surface area contributed by atoms with Gasteiger partial charge in [-0.15, -0.1) is 24.8 Å². The fraction of sp³-hybridized carbons (Fsp3) is 0.682. The lowest BCUT2D eigenvalue weighted by Gasteiger charge is -2.32. The number of fused-ring (bicyclic) bond motifs is 2. The van der Waals surface area contributed by atoms with Crippen LogP contribution in [0.25, 0.3) is 0 Å². The first-order chi connectivity index (χ1) is 13.2. The van der Waals surface area contributed by atoms with E-state index >= 15 is 0 Å². The van der Waals surface area contributed by atoms with Crippen LogP contribution in [0.4, 0.5) is 0 Å². The van der Waals surface area contributed by atoms with Gasteiger partial charge in [-0.1, -0.05) is 29.8 Å². The first-order valence-corrected chi connectivity index (χ1v) is 11.0. The number of halogens is 3. The number of piperidine rings is 2. The third-order valence-electron chi connectivity index (χ3n) is 6.69. The Morgan fingerprint density at radius 1 is 1.03 bits per heavy atom. The van der Waals surface area contributed by atoms with Crippen molar-refractivity contribution in [3.63, 3.8) is 0 Å². The molecule has 4 rings (SSSR count). The summed E-state index contributed by atoms with van der Waals surface area (Å²) in [4.78, 5) is 14.9. The average Bonchev–Trinajstić information content (AvgIpc) is 3.01. The lowest BCUT2D eigenvalue weighted by molar-refractivity contribution is -0.122. The van der Waals surface area contributed by atoms with E-state index in [1.807, 2.05) is 12.1 Å². The summed E-state index contributed by atoms with van der Waals surface area (Å²) in [7, 11) is 0. The molecule has 0 saturated carbocycles. The van der Waals surface area contributed by atoms with Gasteiger partial charge in [0.1, 0.15) is 0 Å². The molecule has 4 nitrogen and oxygen atoms in total. The van der Waals surface area contributed by atoms with Gasteiger partial charge in [0.2, 0.25) is 5.91 Å². The third kappa shape index (κ3) is 7.00. The van der Waals surface area contributed by atoms with Gasteiger partial charge in [0, 0.05) is 36.6 Å². The summed E-state index contributed by atoms with van der Waals surface area (Å²) in [5.41, 5.74) is 1.21. The molecule has 3 fully saturated rings. The van der Waals surface area contributed by atoms with E-state index in [2.05, 4.69) is 27.7 Å². The summed E-state index contributed by atoms with van der Waals surface area (Å²) in [6.45, 7) is 3.94. The molecular formula is C22H34Cl3N3O. The average molecular weight is 463 g/mol. The molecule has 0 aliphatic carbocycles. The predicted molar refractivity (Wildman–Crippen MR) is 124 cm³/mol. The van der Waals surface area contributed by atoms with Crippen molar-refractivity contribution in [2.24, 2.45) is 11.8 Å². The smallest absolute Gasteiger partial charge is 0.220 e. The molecule has 2 unspecified atom stereocenters. The molecule has 2 N–H and O–H groups in total. The molecule has 0 aromatic heterocycles. The van der Waals surface area contributed by atoms with Crippen molar-refractivity contribution in [1.82, 2.24) is 15.5 Å². The van der Waals surface area contributed by atoms with Crippen molar-refractivity contribution in [1.29, 1.82) is 0 Å². The lowest BCUT2D eigenvalue weighted by Crippen LogP contribution is -2.41. The first-order valence-electron chi connectivity index (χ1n) is 10.6. The van der Waals surface area contributed by atoms with Gasteiger partial charge in [0.05, 0.1) is 0 Å². The number of hydrogen-bond acceptors (Lipinski definition) is 3. The van der Waals surface area contributed by atoms with Gasteiger partial charge >= 0.3 is 0 Å². The molecule has 0 radical (unpaired) electrons. The Bertz CT molecular complexity index is 640. The summed E-state index contributed by atoms with van der Waals surface area (Å²) in [6, 6.07) is 9.45. The molecule has 1 aromatic carbocycles. The topological polar surface area (TPSA) is 44.4 Å². The quantitative estimate of drug-likeness (QED) is 0.657. The zero-order valence-corrected chi connectivity index (χ0v) is 19.3. The molecule has 29 heavy (non-hydrogen) atoms. The van der Waals surface area contributed by atoms with E-state index in [0.29, 0.717) is 23.9 Å². The number of nitrogens with zero attached hydrogens (tertiary/aromatic N) is 1. The Labute approximate surface area is 192 Å². The molecule has 2 atom stereocenters. The summed E-state index contributed by atoms with van der Waals surface area (Å²) in [5.74, 6) is 1.46. The standard InChI is InChI=1S/C22H32ClN3O.2ClH/c23-21-4-2-1-3-18(21)15-26-9-7-16(8-10-26)14-24-22(27)13-17-11-19-5-6-20(12-17)25-19;;/h1-4,16-17,19-20,25H,5-15H2,(H,24,27);2*1H. The number of benzene rings is 1. The van der Waals surface area contributed by atoms with E-state index in [1.54, 1.807) is 0 Å². The summed E-state index contributed by atoms with van der Waals surface area (Å²) in [5, 5.41) is 7.74. The Balaban J connectivity index is 0.00000150. The molecule has 2 bridgehead atoms. The molecule has 3 aliphatic rings. The SMILES string of the molecule is Cl.Cl.O=C(CC1CC2CCC(C1)N2)NCC1CCN(Cc2ccccc2Cl)CC1. The van der Waals surface area contributed by atoms with Crippen LogP contribution in [0, 0.1) is 11.8 Å². The summed E-state index contributed by atoms with van der Waals surface area (Å²) in [6.07, 6.45) is 8.00. The van der Waals surface area contributed by atoms with Gasteiger partial charge in [0.15, 0.2) is 0 Å². The van der Waals surface area contributed by atoms with Crippen molar-refractivity contribution in [2.45, 2.75) is 63.6 Å². The Hall–Kier alpha value is -0.520. The van der Waals surface area contributed by atoms with Crippen LogP contribution in [0.5, 0.6) is 0 Å². The molecular weight excluding hydrogens is 429 g/mol. The highest BCUT2D eigenvalue weighted by Crippen LogP contribution is 2.32. The molecule has 1 aromatic rings. The number of carbonyl (C=O) groups is 1. The minimum atomic E-state index is 0. The Kier molecular flexibility index (Phi) is 10.0. The number of amides is 1. The molecule has 3 saturated heterocycles. The van der Waals surface area contributed by atoms with Crippen LogP contribution in [-0.2, 0) is 11.3 Å². The minimum Gasteiger partial charge on any atom is -0.356 e. The minimum absolute atomic E-state index is 0. The van der Waals surface area contributed by atoms with Crippen LogP contribution < -0.4 is 10.6 Å². The highest BCUT2D eigenvalue weighted by molar-refractivity contribution is 6.31. The second kappa shape index (κ2) is 11.8. The van der Waals surface area contributed by atoms with Crippen LogP contribution in [0.2, 0.25) is 5.02 Å². The van der Waals surface area contributed by atoms with Crippen LogP contribution in [0.1, 0.15) is 50.5 Å². The van der Waals surface area contributed by atoms with E-state index in [1.165, 1.54) is 31.2 Å². The van der Waals surface area contributed by atoms with E-state index in [-0.39, 0.29) is 30.7 Å². The van der Waals surface area contributed by atoms with Crippen LogP contribution in [-0.4, -0.2) is 42.5 Å². The molecule has 7 heteroatoms. The monoisotopic (exact) mass is 461 g/mol. The Morgan fingerprint density at radius 3 is 2.34 bits per heavy atom. The zero-order valence-electron chi connectivity index (χ0n) is 16.9. The van der Waals surface area contributed by atoms with E-state index in [0.717, 1.165) is 50.5 Å². The van der Waals surface area contributed by atoms with Crippen LogP contribution in [0.15, 0.2) is 24.3 Å². The van der Waals surface area contributed by atoms with Crippen molar-refractivity contribution in [3.05, 3.63) is 34.9 Å². The number of likely N-dealkylation sites (tertiary alicyclic amines) is 1. The van der Waals surface area contributed by atoms with Crippen molar-refractivity contribution < 1.29 is 4.79 Å². The lowest BCUT2D eigenvalue weighted by atomic mass is 9.89. The number of hydrogen-bond donors (Lipinski definition) is 2. The highest BCUT2D eigenvalue weighted by atomic mass is 35.5. The van der Waals surface area contributed by atoms with Gasteiger partial charge in [-0.05, 0) is 75.1 Å². The molecule has 1 amide bonds. The normalized spacial score (nSPS) is 27.0. The molecule has 164 valence electrons.